The highest BCUT2D eigenvalue weighted by Gasteiger charge is 2.38. The van der Waals surface area contributed by atoms with E-state index in [1.165, 1.54) is 0 Å². The van der Waals surface area contributed by atoms with Crippen molar-refractivity contribution in [3.05, 3.63) is 88.5 Å². The maximum atomic E-state index is 13.2. The summed E-state index contributed by atoms with van der Waals surface area (Å²) in [5.41, 5.74) is 5.09. The van der Waals surface area contributed by atoms with Gasteiger partial charge in [0, 0.05) is 5.56 Å². The number of carboxylic acid groups (broad SMARTS) is 1. The van der Waals surface area contributed by atoms with Crippen molar-refractivity contribution in [3.8, 4) is 16.9 Å². The number of carbonyl (C=O) groups is 2. The first-order chi connectivity index (χ1) is 15.4. The molecule has 0 spiro atoms. The van der Waals surface area contributed by atoms with Crippen LogP contribution in [0.5, 0.6) is 5.75 Å². The molecule has 4 heteroatoms. The standard InChI is InChI=1S/C29H30O4/c1-28(2,3)17-11-13-20(19-9-7-8-10-21(19)26(30)31)22(15-17)25-23-16-18(29(4,5)6)12-14-24(23)33-27(25)32/h7-16,25H,1-6H3,(H,30,31). The van der Waals surface area contributed by atoms with Crippen LogP contribution in [0.1, 0.15) is 80.1 Å². The largest absolute Gasteiger partial charge is 0.478 e. The van der Waals surface area contributed by atoms with Crippen LogP contribution < -0.4 is 4.74 Å². The zero-order valence-corrected chi connectivity index (χ0v) is 20.0. The normalized spacial score (nSPS) is 15.8. The number of carboxylic acids is 1. The lowest BCUT2D eigenvalue weighted by atomic mass is 9.78. The van der Waals surface area contributed by atoms with Gasteiger partial charge in [-0.25, -0.2) is 4.79 Å². The molecule has 1 atom stereocenters. The third kappa shape index (κ3) is 4.18. The number of hydrogen-bond donors (Lipinski definition) is 1. The average Bonchev–Trinajstić information content (AvgIpc) is 3.06. The zero-order valence-electron chi connectivity index (χ0n) is 20.0. The molecule has 1 N–H and O–H groups in total. The van der Waals surface area contributed by atoms with Crippen LogP contribution in [-0.4, -0.2) is 17.0 Å². The van der Waals surface area contributed by atoms with E-state index in [2.05, 4.69) is 47.6 Å². The molecule has 0 radical (unpaired) electrons. The maximum absolute atomic E-state index is 13.2. The van der Waals surface area contributed by atoms with Crippen LogP contribution in [0.25, 0.3) is 11.1 Å². The number of benzene rings is 3. The summed E-state index contributed by atoms with van der Waals surface area (Å²) in [6.07, 6.45) is 0. The van der Waals surface area contributed by atoms with Crippen LogP contribution in [0.15, 0.2) is 60.7 Å². The van der Waals surface area contributed by atoms with Gasteiger partial charge in [-0.1, -0.05) is 90.1 Å². The SMILES string of the molecule is CC(C)(C)c1ccc2c(c1)C(c1cc(C(C)(C)C)ccc1-c1ccccc1C(=O)O)C(=O)O2. The van der Waals surface area contributed by atoms with Gasteiger partial charge in [0.1, 0.15) is 11.7 Å². The molecule has 1 unspecified atom stereocenters. The Labute approximate surface area is 195 Å². The Hall–Kier alpha value is -3.40. The van der Waals surface area contributed by atoms with E-state index in [1.54, 1.807) is 18.2 Å². The summed E-state index contributed by atoms with van der Waals surface area (Å²) in [6.45, 7) is 12.8. The lowest BCUT2D eigenvalue weighted by Crippen LogP contribution is -2.17. The summed E-state index contributed by atoms with van der Waals surface area (Å²) in [5, 5.41) is 9.81. The van der Waals surface area contributed by atoms with E-state index in [0.717, 1.165) is 27.8 Å². The third-order valence-corrected chi connectivity index (χ3v) is 6.31. The molecule has 0 saturated carbocycles. The molecule has 1 aliphatic rings. The van der Waals surface area contributed by atoms with Crippen LogP contribution in [0, 0.1) is 0 Å². The van der Waals surface area contributed by atoms with Gasteiger partial charge in [0.2, 0.25) is 0 Å². The van der Waals surface area contributed by atoms with Gasteiger partial charge in [0.15, 0.2) is 0 Å². The van der Waals surface area contributed by atoms with Crippen molar-refractivity contribution in [3.63, 3.8) is 0 Å². The summed E-state index contributed by atoms with van der Waals surface area (Å²) < 4.78 is 5.68. The molecule has 33 heavy (non-hydrogen) atoms. The summed E-state index contributed by atoms with van der Waals surface area (Å²) in [6, 6.07) is 18.9. The fraction of sp³-hybridized carbons (Fsp3) is 0.310. The first-order valence-corrected chi connectivity index (χ1v) is 11.2. The van der Waals surface area contributed by atoms with Crippen LogP contribution in [0.3, 0.4) is 0 Å². The Bertz CT molecular complexity index is 1260. The minimum absolute atomic E-state index is 0.0861. The molecule has 1 heterocycles. The highest BCUT2D eigenvalue weighted by atomic mass is 16.5. The van der Waals surface area contributed by atoms with Gasteiger partial charge in [0.25, 0.3) is 0 Å². The predicted octanol–water partition coefficient (Wildman–Crippen LogP) is 6.70. The first kappa shape index (κ1) is 22.8. The molecule has 0 fully saturated rings. The van der Waals surface area contributed by atoms with Gasteiger partial charge in [-0.3, -0.25) is 4.79 Å². The maximum Gasteiger partial charge on any atom is 0.336 e. The van der Waals surface area contributed by atoms with E-state index in [9.17, 15) is 14.7 Å². The average molecular weight is 443 g/mol. The Morgan fingerprint density at radius 1 is 0.788 bits per heavy atom. The number of hydrogen-bond acceptors (Lipinski definition) is 3. The monoisotopic (exact) mass is 442 g/mol. The lowest BCUT2D eigenvalue weighted by molar-refractivity contribution is -0.133. The second-order valence-corrected chi connectivity index (χ2v) is 10.8. The van der Waals surface area contributed by atoms with E-state index in [-0.39, 0.29) is 22.4 Å². The molecule has 3 aromatic carbocycles. The van der Waals surface area contributed by atoms with Gasteiger partial charge >= 0.3 is 11.9 Å². The summed E-state index contributed by atoms with van der Waals surface area (Å²) in [4.78, 5) is 25.2. The smallest absolute Gasteiger partial charge is 0.336 e. The number of carbonyl (C=O) groups excluding carboxylic acids is 1. The van der Waals surface area contributed by atoms with Crippen molar-refractivity contribution in [2.75, 3.05) is 0 Å². The van der Waals surface area contributed by atoms with E-state index in [1.807, 2.05) is 36.4 Å². The molecule has 4 rings (SSSR count). The van der Waals surface area contributed by atoms with Gasteiger partial charge < -0.3 is 9.84 Å². The second kappa shape index (κ2) is 7.87. The van der Waals surface area contributed by atoms with Crippen LogP contribution >= 0.6 is 0 Å². The highest BCUT2D eigenvalue weighted by molar-refractivity contribution is 5.98. The number of aromatic carboxylic acids is 1. The summed E-state index contributed by atoms with van der Waals surface area (Å²) in [7, 11) is 0. The molecule has 0 aromatic heterocycles. The third-order valence-electron chi connectivity index (χ3n) is 6.31. The highest BCUT2D eigenvalue weighted by Crippen LogP contribution is 2.45. The summed E-state index contributed by atoms with van der Waals surface area (Å²) in [5.74, 6) is -1.39. The van der Waals surface area contributed by atoms with Crippen molar-refractivity contribution in [1.82, 2.24) is 0 Å². The van der Waals surface area contributed by atoms with Gasteiger partial charge in [-0.15, -0.1) is 0 Å². The minimum Gasteiger partial charge on any atom is -0.478 e. The molecule has 0 aliphatic carbocycles. The van der Waals surface area contributed by atoms with Crippen molar-refractivity contribution in [1.29, 1.82) is 0 Å². The Kier molecular flexibility index (Phi) is 5.44. The van der Waals surface area contributed by atoms with Crippen molar-refractivity contribution >= 4 is 11.9 Å². The number of fused-ring (bicyclic) bond motifs is 1. The Morgan fingerprint density at radius 2 is 1.36 bits per heavy atom. The van der Waals surface area contributed by atoms with Gasteiger partial charge in [-0.2, -0.15) is 0 Å². The molecule has 4 nitrogen and oxygen atoms in total. The first-order valence-electron chi connectivity index (χ1n) is 11.2. The van der Waals surface area contributed by atoms with E-state index in [4.69, 9.17) is 4.74 Å². The molecular formula is C29H30O4. The fourth-order valence-electron chi connectivity index (χ4n) is 4.34. The number of rotatable bonds is 3. The minimum atomic E-state index is -0.999. The van der Waals surface area contributed by atoms with E-state index in [0.29, 0.717) is 11.3 Å². The van der Waals surface area contributed by atoms with Crippen molar-refractivity contribution in [2.45, 2.75) is 58.3 Å². The molecule has 0 saturated heterocycles. The zero-order chi connectivity index (χ0) is 24.1. The molecule has 1 aliphatic heterocycles. The molecule has 3 aromatic rings. The van der Waals surface area contributed by atoms with Crippen LogP contribution in [0.4, 0.5) is 0 Å². The van der Waals surface area contributed by atoms with Gasteiger partial charge in [0.05, 0.1) is 5.56 Å². The molecule has 170 valence electrons. The fourth-order valence-corrected chi connectivity index (χ4v) is 4.34. The van der Waals surface area contributed by atoms with E-state index >= 15 is 0 Å². The van der Waals surface area contributed by atoms with Crippen LogP contribution in [-0.2, 0) is 15.6 Å². The predicted molar refractivity (Wildman–Crippen MR) is 130 cm³/mol. The van der Waals surface area contributed by atoms with E-state index < -0.39 is 11.9 Å². The quantitative estimate of drug-likeness (QED) is 0.362. The van der Waals surface area contributed by atoms with Gasteiger partial charge in [-0.05, 0) is 50.8 Å². The summed E-state index contributed by atoms with van der Waals surface area (Å²) >= 11 is 0. The van der Waals surface area contributed by atoms with Crippen molar-refractivity contribution in [2.24, 2.45) is 0 Å². The Morgan fingerprint density at radius 3 is 1.97 bits per heavy atom. The lowest BCUT2D eigenvalue weighted by Gasteiger charge is -2.24. The molecule has 0 amide bonds. The molecular weight excluding hydrogens is 412 g/mol. The number of esters is 1. The Balaban J connectivity index is 2.00. The number of ether oxygens (including phenoxy) is 1. The van der Waals surface area contributed by atoms with Crippen LogP contribution in [0.2, 0.25) is 0 Å². The second-order valence-electron chi connectivity index (χ2n) is 10.8. The van der Waals surface area contributed by atoms with Crippen molar-refractivity contribution < 1.29 is 19.4 Å². The topological polar surface area (TPSA) is 63.6 Å². The molecule has 0 bridgehead atoms.